The van der Waals surface area contributed by atoms with Crippen molar-refractivity contribution in [3.63, 3.8) is 0 Å². The van der Waals surface area contributed by atoms with Crippen molar-refractivity contribution < 1.29 is 4.74 Å². The number of hydrogen-bond donors (Lipinski definition) is 1. The van der Waals surface area contributed by atoms with Gasteiger partial charge in [-0.15, -0.1) is 0 Å². The zero-order valence-electron chi connectivity index (χ0n) is 11.9. The van der Waals surface area contributed by atoms with Gasteiger partial charge in [0.1, 0.15) is 11.8 Å². The van der Waals surface area contributed by atoms with Gasteiger partial charge in [0, 0.05) is 30.9 Å². The van der Waals surface area contributed by atoms with Crippen LogP contribution in [0, 0.1) is 11.3 Å². The number of para-hydroxylation sites is 1. The number of ether oxygens (including phenoxy) is 1. The van der Waals surface area contributed by atoms with E-state index in [0.29, 0.717) is 18.8 Å². The molecule has 5 heteroatoms. The van der Waals surface area contributed by atoms with Crippen LogP contribution in [0.4, 0.5) is 5.69 Å². The molecular weight excluding hydrogens is 266 g/mol. The lowest BCUT2D eigenvalue weighted by molar-refractivity contribution is 0.364. The van der Waals surface area contributed by atoms with Gasteiger partial charge in [0.2, 0.25) is 0 Å². The maximum Gasteiger partial charge on any atom is 0.250 e. The first-order chi connectivity index (χ1) is 10.2. The Morgan fingerprint density at radius 3 is 2.86 bits per heavy atom. The second kappa shape index (κ2) is 7.15. The molecule has 0 aliphatic carbocycles. The number of rotatable bonds is 6. The van der Waals surface area contributed by atoms with Crippen LogP contribution in [-0.4, -0.2) is 11.2 Å². The Labute approximate surface area is 123 Å². The molecule has 0 bridgehead atoms. The smallest absolute Gasteiger partial charge is 0.250 e. The van der Waals surface area contributed by atoms with E-state index in [4.69, 9.17) is 10.00 Å². The van der Waals surface area contributed by atoms with Crippen LogP contribution in [0.15, 0.2) is 47.4 Å². The monoisotopic (exact) mass is 283 g/mol. The van der Waals surface area contributed by atoms with Crippen molar-refractivity contribution in [1.82, 2.24) is 4.57 Å². The number of aromatic nitrogens is 1. The summed E-state index contributed by atoms with van der Waals surface area (Å²) in [6.07, 6.45) is 1.79. The molecule has 2 rings (SSSR count). The Kier molecular flexibility index (Phi) is 4.99. The maximum absolute atomic E-state index is 11.5. The molecule has 2 aromatic rings. The highest BCUT2D eigenvalue weighted by atomic mass is 16.5. The summed E-state index contributed by atoms with van der Waals surface area (Å²) in [4.78, 5) is 11.5. The molecular formula is C16H17N3O2. The molecule has 0 atom stereocenters. The fourth-order valence-electron chi connectivity index (χ4n) is 1.98. The molecule has 0 fully saturated rings. The standard InChI is InChI=1S/C16H17N3O2/c1-2-19-12-14(7-8-16(19)20)18-11-13-5-3-4-6-15(13)21-10-9-17/h3-8,12,18H,2,10-11H2,1H3. The first kappa shape index (κ1) is 14.7. The highest BCUT2D eigenvalue weighted by Gasteiger charge is 2.03. The highest BCUT2D eigenvalue weighted by Crippen LogP contribution is 2.19. The van der Waals surface area contributed by atoms with E-state index < -0.39 is 0 Å². The molecule has 0 aliphatic rings. The van der Waals surface area contributed by atoms with E-state index in [9.17, 15) is 4.79 Å². The van der Waals surface area contributed by atoms with Gasteiger partial charge in [-0.05, 0) is 19.1 Å². The second-order valence-corrected chi connectivity index (χ2v) is 4.45. The van der Waals surface area contributed by atoms with Crippen molar-refractivity contribution in [2.45, 2.75) is 20.0 Å². The van der Waals surface area contributed by atoms with E-state index in [1.165, 1.54) is 0 Å². The summed E-state index contributed by atoms with van der Waals surface area (Å²) in [5.41, 5.74) is 1.81. The van der Waals surface area contributed by atoms with Crippen LogP contribution in [0.25, 0.3) is 0 Å². The van der Waals surface area contributed by atoms with E-state index in [2.05, 4.69) is 5.32 Å². The summed E-state index contributed by atoms with van der Waals surface area (Å²) in [6, 6.07) is 12.8. The van der Waals surface area contributed by atoms with Gasteiger partial charge in [0.05, 0.1) is 5.69 Å². The molecule has 21 heavy (non-hydrogen) atoms. The SMILES string of the molecule is CCn1cc(NCc2ccccc2OCC#N)ccc1=O. The summed E-state index contributed by atoms with van der Waals surface area (Å²) in [5.74, 6) is 0.690. The van der Waals surface area contributed by atoms with Gasteiger partial charge in [-0.3, -0.25) is 4.79 Å². The molecule has 0 saturated heterocycles. The minimum absolute atomic E-state index is 0.0131. The van der Waals surface area contributed by atoms with Gasteiger partial charge < -0.3 is 14.6 Å². The predicted molar refractivity (Wildman–Crippen MR) is 81.3 cm³/mol. The van der Waals surface area contributed by atoms with E-state index >= 15 is 0 Å². The summed E-state index contributed by atoms with van der Waals surface area (Å²) in [7, 11) is 0. The lowest BCUT2D eigenvalue weighted by Crippen LogP contribution is -2.17. The lowest BCUT2D eigenvalue weighted by atomic mass is 10.2. The quantitative estimate of drug-likeness (QED) is 0.884. The molecule has 1 aromatic carbocycles. The topological polar surface area (TPSA) is 67.1 Å². The van der Waals surface area contributed by atoms with Crippen LogP contribution in [0.2, 0.25) is 0 Å². The maximum atomic E-state index is 11.5. The molecule has 0 aliphatic heterocycles. The van der Waals surface area contributed by atoms with Gasteiger partial charge in [0.25, 0.3) is 5.56 Å². The minimum Gasteiger partial charge on any atom is -0.478 e. The lowest BCUT2D eigenvalue weighted by Gasteiger charge is -2.12. The van der Waals surface area contributed by atoms with E-state index in [0.717, 1.165) is 11.3 Å². The normalized spacial score (nSPS) is 9.90. The van der Waals surface area contributed by atoms with E-state index in [-0.39, 0.29) is 12.2 Å². The minimum atomic E-state index is -0.0131. The molecule has 1 aromatic heterocycles. The molecule has 0 saturated carbocycles. The third-order valence-electron chi connectivity index (χ3n) is 3.07. The fourth-order valence-corrected chi connectivity index (χ4v) is 1.98. The Morgan fingerprint density at radius 2 is 2.10 bits per heavy atom. The largest absolute Gasteiger partial charge is 0.478 e. The Balaban J connectivity index is 2.09. The van der Waals surface area contributed by atoms with Gasteiger partial charge >= 0.3 is 0 Å². The third kappa shape index (κ3) is 3.86. The first-order valence-corrected chi connectivity index (χ1v) is 6.76. The molecule has 1 N–H and O–H groups in total. The fraction of sp³-hybridized carbons (Fsp3) is 0.250. The Bertz CT molecular complexity index is 701. The average Bonchev–Trinajstić information content (AvgIpc) is 2.53. The highest BCUT2D eigenvalue weighted by molar-refractivity contribution is 5.43. The van der Waals surface area contributed by atoms with Crippen molar-refractivity contribution >= 4 is 5.69 Å². The number of nitrogens with zero attached hydrogens (tertiary/aromatic N) is 2. The van der Waals surface area contributed by atoms with Crippen molar-refractivity contribution in [3.8, 4) is 11.8 Å². The summed E-state index contributed by atoms with van der Waals surface area (Å²) in [6.45, 7) is 3.15. The Hall–Kier alpha value is -2.74. The number of aryl methyl sites for hydroxylation is 1. The van der Waals surface area contributed by atoms with Gasteiger partial charge in [-0.1, -0.05) is 18.2 Å². The zero-order valence-corrected chi connectivity index (χ0v) is 11.9. The number of nitrogens with one attached hydrogen (secondary N) is 1. The number of benzene rings is 1. The van der Waals surface area contributed by atoms with Crippen molar-refractivity contribution in [2.75, 3.05) is 11.9 Å². The second-order valence-electron chi connectivity index (χ2n) is 4.45. The molecule has 0 amide bonds. The first-order valence-electron chi connectivity index (χ1n) is 6.76. The summed E-state index contributed by atoms with van der Waals surface area (Å²) < 4.78 is 7.02. The van der Waals surface area contributed by atoms with Crippen molar-refractivity contribution in [2.24, 2.45) is 0 Å². The van der Waals surface area contributed by atoms with Gasteiger partial charge in [-0.25, -0.2) is 0 Å². The molecule has 1 heterocycles. The molecule has 108 valence electrons. The van der Waals surface area contributed by atoms with Gasteiger partial charge in [-0.2, -0.15) is 5.26 Å². The van der Waals surface area contributed by atoms with Crippen molar-refractivity contribution in [3.05, 3.63) is 58.5 Å². The number of anilines is 1. The molecule has 0 spiro atoms. The predicted octanol–water partition coefficient (Wildman–Crippen LogP) is 2.38. The third-order valence-corrected chi connectivity index (χ3v) is 3.07. The number of nitriles is 1. The van der Waals surface area contributed by atoms with Crippen LogP contribution in [0.1, 0.15) is 12.5 Å². The van der Waals surface area contributed by atoms with Crippen LogP contribution in [-0.2, 0) is 13.1 Å². The van der Waals surface area contributed by atoms with Crippen LogP contribution < -0.4 is 15.6 Å². The van der Waals surface area contributed by atoms with Crippen LogP contribution in [0.3, 0.4) is 0 Å². The van der Waals surface area contributed by atoms with E-state index in [1.807, 2.05) is 37.3 Å². The number of hydrogen-bond acceptors (Lipinski definition) is 4. The van der Waals surface area contributed by atoms with Crippen LogP contribution >= 0.6 is 0 Å². The van der Waals surface area contributed by atoms with Gasteiger partial charge in [0.15, 0.2) is 6.61 Å². The average molecular weight is 283 g/mol. The summed E-state index contributed by atoms with van der Waals surface area (Å²) in [5, 5.41) is 11.8. The van der Waals surface area contributed by atoms with Crippen LogP contribution in [0.5, 0.6) is 5.75 Å². The van der Waals surface area contributed by atoms with E-state index in [1.54, 1.807) is 22.9 Å². The van der Waals surface area contributed by atoms with Crippen molar-refractivity contribution in [1.29, 1.82) is 5.26 Å². The summed E-state index contributed by atoms with van der Waals surface area (Å²) >= 11 is 0. The molecule has 5 nitrogen and oxygen atoms in total. The number of pyridine rings is 1. The molecule has 0 radical (unpaired) electrons. The zero-order chi connectivity index (χ0) is 15.1. The Morgan fingerprint density at radius 1 is 1.29 bits per heavy atom. The molecule has 0 unspecified atom stereocenters.